The Morgan fingerprint density at radius 2 is 1.93 bits per heavy atom. The molecule has 1 aromatic rings. The Morgan fingerprint density at radius 1 is 1.29 bits per heavy atom. The smallest absolute Gasteiger partial charge is 0.208 e. The zero-order valence-electron chi connectivity index (χ0n) is 9.50. The Morgan fingerprint density at radius 3 is 2.36 bits per heavy atom. The lowest BCUT2D eigenvalue weighted by atomic mass is 10.0. The van der Waals surface area contributed by atoms with Crippen LogP contribution in [0.3, 0.4) is 0 Å². The van der Waals surface area contributed by atoms with Crippen molar-refractivity contribution >= 4 is 0 Å². The number of rotatable bonds is 4. The summed E-state index contributed by atoms with van der Waals surface area (Å²) in [5.41, 5.74) is 6.58. The van der Waals surface area contributed by atoms with Gasteiger partial charge in [-0.2, -0.15) is 0 Å². The van der Waals surface area contributed by atoms with Gasteiger partial charge in [0.05, 0.1) is 12.2 Å². The first-order chi connectivity index (χ1) is 6.54. The van der Waals surface area contributed by atoms with Crippen LogP contribution in [0.25, 0.3) is 0 Å². The molecule has 14 heavy (non-hydrogen) atoms. The highest BCUT2D eigenvalue weighted by Crippen LogP contribution is 2.22. The Balaban J connectivity index is 2.93. The van der Waals surface area contributed by atoms with Gasteiger partial charge in [0.15, 0.2) is 0 Å². The highest BCUT2D eigenvalue weighted by atomic mass is 16.4. The van der Waals surface area contributed by atoms with Gasteiger partial charge in [-0.1, -0.05) is 27.7 Å². The molecule has 1 rings (SSSR count). The molecule has 1 aromatic heterocycles. The first-order valence-corrected chi connectivity index (χ1v) is 5.23. The highest BCUT2D eigenvalue weighted by Gasteiger charge is 2.15. The molecule has 0 aromatic carbocycles. The summed E-state index contributed by atoms with van der Waals surface area (Å²) < 4.78 is 5.60. The molecule has 3 heteroatoms. The van der Waals surface area contributed by atoms with Crippen LogP contribution >= 0.6 is 0 Å². The Bertz CT molecular complexity index is 289. The van der Waals surface area contributed by atoms with E-state index in [1.807, 2.05) is 0 Å². The van der Waals surface area contributed by atoms with E-state index in [4.69, 9.17) is 10.2 Å². The molecule has 0 fully saturated rings. The van der Waals surface area contributed by atoms with E-state index in [2.05, 4.69) is 32.7 Å². The van der Waals surface area contributed by atoms with Crippen LogP contribution in [0.1, 0.15) is 51.0 Å². The molecule has 1 heterocycles. The predicted molar refractivity (Wildman–Crippen MR) is 57.0 cm³/mol. The minimum absolute atomic E-state index is 0.387. The molecule has 3 nitrogen and oxygen atoms in total. The number of hydrogen-bond acceptors (Lipinski definition) is 3. The van der Waals surface area contributed by atoms with Gasteiger partial charge in [-0.15, -0.1) is 0 Å². The van der Waals surface area contributed by atoms with E-state index in [0.717, 1.165) is 17.9 Å². The van der Waals surface area contributed by atoms with Crippen LogP contribution in [0.2, 0.25) is 0 Å². The summed E-state index contributed by atoms with van der Waals surface area (Å²) in [7, 11) is 0. The van der Waals surface area contributed by atoms with E-state index in [1.165, 1.54) is 0 Å². The number of oxazole rings is 1. The summed E-state index contributed by atoms with van der Waals surface area (Å²) in [5, 5.41) is 0. The minimum Gasteiger partial charge on any atom is -0.444 e. The Labute approximate surface area is 85.7 Å². The summed E-state index contributed by atoms with van der Waals surface area (Å²) in [6, 6.07) is 0. The van der Waals surface area contributed by atoms with E-state index in [0.29, 0.717) is 24.3 Å². The minimum atomic E-state index is 0.387. The molecule has 0 atom stereocenters. The van der Waals surface area contributed by atoms with Crippen molar-refractivity contribution in [1.29, 1.82) is 0 Å². The third-order valence-electron chi connectivity index (χ3n) is 2.09. The van der Waals surface area contributed by atoms with Crippen molar-refractivity contribution < 1.29 is 4.42 Å². The molecule has 80 valence electrons. The highest BCUT2D eigenvalue weighted by molar-refractivity contribution is 5.14. The van der Waals surface area contributed by atoms with Crippen LogP contribution in [-0.2, 0) is 13.0 Å². The van der Waals surface area contributed by atoms with Crippen molar-refractivity contribution in [3.05, 3.63) is 17.3 Å². The van der Waals surface area contributed by atoms with Gasteiger partial charge in [-0.3, -0.25) is 0 Å². The summed E-state index contributed by atoms with van der Waals surface area (Å²) >= 11 is 0. The third kappa shape index (κ3) is 2.58. The maximum Gasteiger partial charge on any atom is 0.208 e. The number of hydrogen-bond donors (Lipinski definition) is 1. The van der Waals surface area contributed by atoms with Gasteiger partial charge in [0.25, 0.3) is 0 Å². The van der Waals surface area contributed by atoms with Crippen LogP contribution in [-0.4, -0.2) is 4.98 Å². The molecule has 0 saturated heterocycles. The molecule has 0 aliphatic rings. The lowest BCUT2D eigenvalue weighted by Gasteiger charge is -2.05. The van der Waals surface area contributed by atoms with Crippen LogP contribution in [0.4, 0.5) is 0 Å². The van der Waals surface area contributed by atoms with Gasteiger partial charge in [0.1, 0.15) is 5.76 Å². The molecular weight excluding hydrogens is 176 g/mol. The van der Waals surface area contributed by atoms with Crippen molar-refractivity contribution in [3.8, 4) is 0 Å². The first kappa shape index (κ1) is 11.2. The first-order valence-electron chi connectivity index (χ1n) is 5.23. The number of nitrogens with two attached hydrogens (primary N) is 1. The van der Waals surface area contributed by atoms with Gasteiger partial charge < -0.3 is 10.2 Å². The maximum atomic E-state index is 5.60. The second-order valence-corrected chi connectivity index (χ2v) is 4.37. The van der Waals surface area contributed by atoms with E-state index < -0.39 is 0 Å². The molecule has 0 amide bonds. The van der Waals surface area contributed by atoms with Crippen molar-refractivity contribution in [2.75, 3.05) is 0 Å². The largest absolute Gasteiger partial charge is 0.444 e. The zero-order valence-corrected chi connectivity index (χ0v) is 9.50. The summed E-state index contributed by atoms with van der Waals surface area (Å²) in [6.07, 6.45) is 0.945. The van der Waals surface area contributed by atoms with Crippen molar-refractivity contribution in [3.63, 3.8) is 0 Å². The normalized spacial score (nSPS) is 11.6. The predicted octanol–water partition coefficient (Wildman–Crippen LogP) is 2.46. The lowest BCUT2D eigenvalue weighted by molar-refractivity contribution is 0.430. The summed E-state index contributed by atoms with van der Waals surface area (Å²) in [4.78, 5) is 4.39. The molecule has 2 N–H and O–H groups in total. The van der Waals surface area contributed by atoms with Crippen LogP contribution in [0, 0.1) is 5.92 Å². The monoisotopic (exact) mass is 196 g/mol. The van der Waals surface area contributed by atoms with Gasteiger partial charge >= 0.3 is 0 Å². The molecule has 0 spiro atoms. The molecule has 0 aliphatic heterocycles. The molecule has 0 aliphatic carbocycles. The maximum absolute atomic E-state index is 5.60. The third-order valence-corrected chi connectivity index (χ3v) is 2.09. The van der Waals surface area contributed by atoms with E-state index >= 15 is 0 Å². The van der Waals surface area contributed by atoms with Crippen LogP contribution in [0.15, 0.2) is 4.42 Å². The van der Waals surface area contributed by atoms with Gasteiger partial charge in [-0.05, 0) is 11.8 Å². The fourth-order valence-electron chi connectivity index (χ4n) is 1.47. The Kier molecular flexibility index (Phi) is 3.69. The Hall–Kier alpha value is -0.830. The number of nitrogens with zero attached hydrogens (tertiary/aromatic N) is 1. The van der Waals surface area contributed by atoms with Gasteiger partial charge in [0.2, 0.25) is 5.89 Å². The fraction of sp³-hybridized carbons (Fsp3) is 0.727. The van der Waals surface area contributed by atoms with E-state index in [-0.39, 0.29) is 0 Å². The quantitative estimate of drug-likeness (QED) is 0.804. The summed E-state index contributed by atoms with van der Waals surface area (Å²) in [5.74, 6) is 2.67. The van der Waals surface area contributed by atoms with Crippen molar-refractivity contribution in [2.24, 2.45) is 11.7 Å². The van der Waals surface area contributed by atoms with Crippen LogP contribution < -0.4 is 5.73 Å². The molecular formula is C11H20N2O. The fourth-order valence-corrected chi connectivity index (χ4v) is 1.47. The lowest BCUT2D eigenvalue weighted by Crippen LogP contribution is -1.99. The topological polar surface area (TPSA) is 52.0 Å². The SMILES string of the molecule is CC(C)Cc1oc(CN)nc1C(C)C. The van der Waals surface area contributed by atoms with Crippen molar-refractivity contribution in [1.82, 2.24) is 4.98 Å². The van der Waals surface area contributed by atoms with Gasteiger partial charge in [-0.25, -0.2) is 4.98 Å². The zero-order chi connectivity index (χ0) is 10.7. The average Bonchev–Trinajstić information content (AvgIpc) is 2.46. The van der Waals surface area contributed by atoms with E-state index in [9.17, 15) is 0 Å². The van der Waals surface area contributed by atoms with Crippen molar-refractivity contribution in [2.45, 2.75) is 46.6 Å². The second-order valence-electron chi connectivity index (χ2n) is 4.37. The van der Waals surface area contributed by atoms with E-state index in [1.54, 1.807) is 0 Å². The molecule has 0 unspecified atom stereocenters. The average molecular weight is 196 g/mol. The number of aromatic nitrogens is 1. The standard InChI is InChI=1S/C11H20N2O/c1-7(2)5-9-11(8(3)4)13-10(6-12)14-9/h7-8H,5-6,12H2,1-4H3. The van der Waals surface area contributed by atoms with Crippen LogP contribution in [0.5, 0.6) is 0 Å². The summed E-state index contributed by atoms with van der Waals surface area (Å²) in [6.45, 7) is 8.99. The second kappa shape index (κ2) is 4.60. The molecule has 0 saturated carbocycles. The molecule has 0 radical (unpaired) electrons. The van der Waals surface area contributed by atoms with Gasteiger partial charge in [0, 0.05) is 6.42 Å². The molecule has 0 bridgehead atoms.